The van der Waals surface area contributed by atoms with E-state index in [1.165, 1.54) is 36.4 Å². The van der Waals surface area contributed by atoms with Gasteiger partial charge < -0.3 is 55.6 Å². The highest BCUT2D eigenvalue weighted by molar-refractivity contribution is 6.12. The van der Waals surface area contributed by atoms with Gasteiger partial charge >= 0.3 is 11.9 Å². The van der Waals surface area contributed by atoms with Crippen LogP contribution in [0, 0.1) is 11.6 Å². The molecule has 0 bridgehead atoms. The summed E-state index contributed by atoms with van der Waals surface area (Å²) in [7, 11) is 0. The number of halogens is 2. The summed E-state index contributed by atoms with van der Waals surface area (Å²) in [6.07, 6.45) is -4.88. The molecule has 0 saturated carbocycles. The van der Waals surface area contributed by atoms with Gasteiger partial charge in [0, 0.05) is 46.9 Å². The highest BCUT2D eigenvalue weighted by atomic mass is 19.1. The summed E-state index contributed by atoms with van der Waals surface area (Å²) in [6, 6.07) is 43.3. The van der Waals surface area contributed by atoms with Crippen molar-refractivity contribution in [3.8, 4) is 56.3 Å². The highest BCUT2D eigenvalue weighted by Gasteiger charge is 2.32. The third kappa shape index (κ3) is 16.0. The zero-order valence-electron chi connectivity index (χ0n) is 46.7. The van der Waals surface area contributed by atoms with Gasteiger partial charge in [-0.25, -0.2) is 8.78 Å². The molecule has 0 fully saturated rings. The summed E-state index contributed by atoms with van der Waals surface area (Å²) in [6.45, 7) is 8.19. The number of carboxylic acids is 1. The van der Waals surface area contributed by atoms with Crippen molar-refractivity contribution in [2.24, 2.45) is 0 Å². The molecule has 0 aliphatic heterocycles. The second-order valence-electron chi connectivity index (χ2n) is 21.0. The largest absolute Gasteiger partial charge is 0.506 e. The monoisotopic (exact) mass is 1130 g/mol. The van der Waals surface area contributed by atoms with Gasteiger partial charge in [0.15, 0.2) is 6.29 Å². The van der Waals surface area contributed by atoms with E-state index in [4.69, 9.17) is 20.7 Å². The fraction of sp³-hybridized carbons (Fsp3) is 0.273. The molecule has 83 heavy (non-hydrogen) atoms. The smallest absolute Gasteiger partial charge is 0.313 e. The van der Waals surface area contributed by atoms with Crippen LogP contribution in [0.5, 0.6) is 11.5 Å². The van der Waals surface area contributed by atoms with Crippen molar-refractivity contribution in [1.82, 2.24) is 9.13 Å². The summed E-state index contributed by atoms with van der Waals surface area (Å²) in [5, 5.41) is 64.4. The number of hydrogen-bond acceptors (Lipinski definition) is 11. The van der Waals surface area contributed by atoms with Gasteiger partial charge in [0.1, 0.15) is 23.1 Å². The number of aliphatic hydroxyl groups is 4. The molecule has 4 atom stereocenters. The number of nitrogen functional groups attached to an aromatic ring is 1. The van der Waals surface area contributed by atoms with Crippen LogP contribution in [-0.2, 0) is 22.7 Å². The number of nitrogens with two attached hydrogens (primary N) is 1. The molecule has 2 aromatic heterocycles. The number of ether oxygens (including phenoxy) is 1. The molecule has 434 valence electrons. The van der Waals surface area contributed by atoms with E-state index < -0.39 is 66.7 Å². The molecule has 1 amide bonds. The molecule has 0 aliphatic rings. The van der Waals surface area contributed by atoms with E-state index in [0.29, 0.717) is 67.4 Å². The quantitative estimate of drug-likeness (QED) is 0.00926. The number of aromatic nitrogens is 2. The minimum absolute atomic E-state index is 0.0983. The van der Waals surface area contributed by atoms with Crippen LogP contribution in [0.25, 0.3) is 44.8 Å². The lowest BCUT2D eigenvalue weighted by Gasteiger charge is -2.20. The van der Waals surface area contributed by atoms with Crippen molar-refractivity contribution >= 4 is 35.5 Å². The molecule has 15 nitrogen and oxygen atoms in total. The Balaban J connectivity index is 0.00000114. The minimum atomic E-state index is -1.27. The Morgan fingerprint density at radius 3 is 1.49 bits per heavy atom. The van der Waals surface area contributed by atoms with Gasteiger partial charge in [0.25, 0.3) is 5.91 Å². The first-order valence-electron chi connectivity index (χ1n) is 27.4. The Bertz CT molecular complexity index is 3440. The molecule has 0 spiro atoms. The van der Waals surface area contributed by atoms with E-state index in [9.17, 15) is 48.4 Å². The predicted molar refractivity (Wildman–Crippen MR) is 316 cm³/mol. The van der Waals surface area contributed by atoms with Gasteiger partial charge in [-0.15, -0.1) is 0 Å². The fourth-order valence-electron chi connectivity index (χ4n) is 10.4. The normalized spacial score (nSPS) is 12.7. The Morgan fingerprint density at radius 1 is 0.578 bits per heavy atom. The number of phenols is 1. The third-order valence-electron chi connectivity index (χ3n) is 14.0. The number of aromatic hydroxyl groups is 1. The second kappa shape index (κ2) is 28.8. The average Bonchev–Trinajstić information content (AvgIpc) is 2.76. The van der Waals surface area contributed by atoms with Crippen LogP contribution < -0.4 is 15.8 Å². The van der Waals surface area contributed by atoms with E-state index in [1.54, 1.807) is 60.7 Å². The van der Waals surface area contributed by atoms with Gasteiger partial charge in [0.05, 0.1) is 59.9 Å². The summed E-state index contributed by atoms with van der Waals surface area (Å²) in [5.74, 6) is -3.39. The van der Waals surface area contributed by atoms with E-state index in [0.717, 1.165) is 17.5 Å². The number of phenolic OH excluding ortho intramolecular Hbond substituents is 1. The third-order valence-corrected chi connectivity index (χ3v) is 14.0. The molecule has 8 aromatic rings. The molecule has 6 aromatic carbocycles. The molecule has 4 unspecified atom stereocenters. The lowest BCUT2D eigenvalue weighted by atomic mass is 9.94. The van der Waals surface area contributed by atoms with Gasteiger partial charge in [-0.1, -0.05) is 100 Å². The number of nitrogens with zero attached hydrogens (tertiary/aromatic N) is 2. The number of aliphatic carboxylic acids is 1. The van der Waals surface area contributed by atoms with Gasteiger partial charge in [-0.05, 0) is 145 Å². The SMILES string of the molecule is CC(C)c1c(C=O)c(-c2ccccc2)c(-c2ccc(F)cc2)n1CCC(O)CC(O)CC(=O)Oc1ccc(NC(=O)c2c(-c3ccccc3)c(-c3ccc(F)cc3)n(CCC(O)CC(O)CC(=O)O)c2C(C)C)cc1.Nc1ccccc1O. The van der Waals surface area contributed by atoms with E-state index >= 15 is 0 Å². The molecule has 9 N–H and O–H groups in total. The lowest BCUT2D eigenvalue weighted by molar-refractivity contribution is -0.140. The zero-order valence-corrected chi connectivity index (χ0v) is 46.7. The number of anilines is 2. The molecule has 0 saturated heterocycles. The number of para-hydroxylation sites is 2. The van der Waals surface area contributed by atoms with E-state index in [-0.39, 0.29) is 62.1 Å². The van der Waals surface area contributed by atoms with Gasteiger partial charge in [-0.2, -0.15) is 0 Å². The van der Waals surface area contributed by atoms with Crippen LogP contribution in [0.3, 0.4) is 0 Å². The van der Waals surface area contributed by atoms with Gasteiger partial charge in [-0.3, -0.25) is 19.2 Å². The number of carboxylic acid groups (broad SMARTS) is 1. The topological polar surface area (TPSA) is 247 Å². The van der Waals surface area contributed by atoms with E-state index in [1.807, 2.05) is 97.5 Å². The van der Waals surface area contributed by atoms with Crippen LogP contribution in [0.4, 0.5) is 20.2 Å². The number of aliphatic hydroxyl groups excluding tert-OH is 4. The predicted octanol–water partition coefficient (Wildman–Crippen LogP) is 12.0. The summed E-state index contributed by atoms with van der Waals surface area (Å²) in [4.78, 5) is 51.8. The van der Waals surface area contributed by atoms with Crippen molar-refractivity contribution in [2.75, 3.05) is 11.1 Å². The number of esters is 1. The number of carbonyl (C=O) groups excluding carboxylic acids is 3. The number of amides is 1. The first-order chi connectivity index (χ1) is 39.7. The van der Waals surface area contributed by atoms with Crippen LogP contribution in [0.2, 0.25) is 0 Å². The van der Waals surface area contributed by atoms with Crippen molar-refractivity contribution in [3.05, 3.63) is 192 Å². The number of hydrogen-bond donors (Lipinski definition) is 8. The second-order valence-corrected chi connectivity index (χ2v) is 21.0. The number of benzene rings is 6. The molecule has 2 heterocycles. The maximum Gasteiger partial charge on any atom is 0.313 e. The Morgan fingerprint density at radius 2 is 1.04 bits per heavy atom. The van der Waals surface area contributed by atoms with Crippen molar-refractivity contribution in [1.29, 1.82) is 0 Å². The number of rotatable bonds is 24. The first kappa shape index (κ1) is 61.9. The summed E-state index contributed by atoms with van der Waals surface area (Å²) >= 11 is 0. The summed E-state index contributed by atoms with van der Waals surface area (Å²) in [5.41, 5.74) is 13.6. The Labute approximate surface area is 480 Å². The summed E-state index contributed by atoms with van der Waals surface area (Å²) < 4.78 is 38.0. The van der Waals surface area contributed by atoms with Crippen LogP contribution >= 0.6 is 0 Å². The van der Waals surface area contributed by atoms with Crippen LogP contribution in [0.15, 0.2) is 158 Å². The van der Waals surface area contributed by atoms with Crippen molar-refractivity contribution < 1.29 is 63.3 Å². The Hall–Kier alpha value is -8.74. The minimum Gasteiger partial charge on any atom is -0.506 e. The molecular weight excluding hydrogens is 1060 g/mol. The van der Waals surface area contributed by atoms with Crippen LogP contribution in [-0.4, -0.2) is 88.3 Å². The molecule has 17 heteroatoms. The number of nitrogens with one attached hydrogen (secondary N) is 1. The standard InChI is InChI=1S/C60H63F2N3O10.C6H7NO/c1-36(2)56-50(35-66)53(38-11-7-5-8-12-38)58(40-15-19-42(61)20-16-40)64(56)29-27-46(68)32-48(70)34-52(73)75-49-25-23-44(24-26-49)63-60(74)55-54(39-13-9-6-10-14-39)59(41-17-21-43(62)22-18-41)65(57(55)37(3)4)30-28-45(67)31-47(69)33-51(71)72;7-5-3-1-2-4-6(5)8/h5-26,35-37,45-48,67-70H,27-34H2,1-4H3,(H,63,74)(H,71,72);1-4,8H,7H2. The Kier molecular flexibility index (Phi) is 21.5. The maximum absolute atomic E-state index is 14.7. The van der Waals surface area contributed by atoms with Crippen molar-refractivity contribution in [2.45, 2.75) is 116 Å². The molecule has 0 aliphatic carbocycles. The maximum atomic E-state index is 14.7. The number of carbonyl (C=O) groups is 4. The number of aldehydes is 1. The highest BCUT2D eigenvalue weighted by Crippen LogP contribution is 2.44. The average molecular weight is 1130 g/mol. The van der Waals surface area contributed by atoms with Crippen LogP contribution in [0.1, 0.15) is 110 Å². The molecule has 8 rings (SSSR count). The first-order valence-corrected chi connectivity index (χ1v) is 27.4. The van der Waals surface area contributed by atoms with Gasteiger partial charge in [0.2, 0.25) is 0 Å². The van der Waals surface area contributed by atoms with E-state index in [2.05, 4.69) is 5.32 Å². The molecular formula is C66H70F2N4O11. The fourth-order valence-corrected chi connectivity index (χ4v) is 10.4. The lowest BCUT2D eigenvalue weighted by Crippen LogP contribution is -2.24. The molecule has 0 radical (unpaired) electrons. The van der Waals surface area contributed by atoms with Crippen molar-refractivity contribution in [3.63, 3.8) is 0 Å². The zero-order chi connectivity index (χ0) is 59.9.